The second kappa shape index (κ2) is 5.29. The number of ether oxygens (including phenoxy) is 1. The van der Waals surface area contributed by atoms with Crippen LogP contribution in [0.4, 0.5) is 5.69 Å². The summed E-state index contributed by atoms with van der Waals surface area (Å²) in [5.74, 6) is 0.817. The van der Waals surface area contributed by atoms with Gasteiger partial charge in [-0.3, -0.25) is 0 Å². The molecule has 20 heavy (non-hydrogen) atoms. The molecule has 0 aliphatic heterocycles. The summed E-state index contributed by atoms with van der Waals surface area (Å²) in [4.78, 5) is 0. The van der Waals surface area contributed by atoms with Crippen LogP contribution in [0.25, 0.3) is 10.9 Å². The minimum absolute atomic E-state index is 0.626. The molecule has 3 rings (SSSR count). The largest absolute Gasteiger partial charge is 0.492 e. The van der Waals surface area contributed by atoms with Crippen molar-refractivity contribution in [1.29, 1.82) is 0 Å². The van der Waals surface area contributed by atoms with Crippen LogP contribution < -0.4 is 10.5 Å². The molecule has 0 fully saturated rings. The highest BCUT2D eigenvalue weighted by atomic mass is 16.5. The van der Waals surface area contributed by atoms with Gasteiger partial charge in [-0.2, -0.15) is 0 Å². The molecular weight excluding hydrogens is 248 g/mol. The van der Waals surface area contributed by atoms with E-state index in [1.54, 1.807) is 0 Å². The van der Waals surface area contributed by atoms with Gasteiger partial charge in [-0.15, -0.1) is 0 Å². The summed E-state index contributed by atoms with van der Waals surface area (Å²) in [6.45, 7) is 3.56. The van der Waals surface area contributed by atoms with Gasteiger partial charge in [-0.05, 0) is 42.6 Å². The number of anilines is 1. The third-order valence-electron chi connectivity index (χ3n) is 3.39. The predicted molar refractivity (Wildman–Crippen MR) is 83.0 cm³/mol. The fourth-order valence-corrected chi connectivity index (χ4v) is 2.38. The first-order chi connectivity index (χ1) is 9.72. The number of aryl methyl sites for hydroxylation is 1. The highest BCUT2D eigenvalue weighted by molar-refractivity contribution is 5.80. The number of aromatic nitrogens is 1. The monoisotopic (exact) mass is 266 g/mol. The Bertz CT molecular complexity index is 731. The van der Waals surface area contributed by atoms with Gasteiger partial charge in [0.15, 0.2) is 0 Å². The van der Waals surface area contributed by atoms with Crippen molar-refractivity contribution in [3.05, 3.63) is 60.3 Å². The van der Waals surface area contributed by atoms with Crippen LogP contribution >= 0.6 is 0 Å². The molecule has 0 atom stereocenters. The molecule has 2 N–H and O–H groups in total. The topological polar surface area (TPSA) is 40.2 Å². The molecule has 2 aromatic carbocycles. The van der Waals surface area contributed by atoms with E-state index in [-0.39, 0.29) is 0 Å². The van der Waals surface area contributed by atoms with Gasteiger partial charge in [0.2, 0.25) is 0 Å². The third-order valence-corrected chi connectivity index (χ3v) is 3.39. The molecular formula is C17H18N2O. The molecule has 0 saturated carbocycles. The van der Waals surface area contributed by atoms with Crippen LogP contribution in [0.1, 0.15) is 5.56 Å². The molecule has 1 aromatic heterocycles. The zero-order valence-corrected chi connectivity index (χ0v) is 11.5. The van der Waals surface area contributed by atoms with Crippen LogP contribution in [0.5, 0.6) is 5.75 Å². The Hall–Kier alpha value is -2.42. The second-order valence-electron chi connectivity index (χ2n) is 4.99. The fraction of sp³-hybridized carbons (Fsp3) is 0.176. The Labute approximate surface area is 118 Å². The summed E-state index contributed by atoms with van der Waals surface area (Å²) in [6, 6.07) is 16.2. The number of nitrogens with two attached hydrogens (primary N) is 1. The number of fused-ring (bicyclic) bond motifs is 1. The Balaban J connectivity index is 1.68. The summed E-state index contributed by atoms with van der Waals surface area (Å²) in [6.07, 6.45) is 2.10. The normalized spacial score (nSPS) is 10.8. The first-order valence-electron chi connectivity index (χ1n) is 6.76. The van der Waals surface area contributed by atoms with Crippen molar-refractivity contribution in [2.75, 3.05) is 12.3 Å². The Morgan fingerprint density at radius 1 is 1.10 bits per heavy atom. The van der Waals surface area contributed by atoms with Crippen molar-refractivity contribution < 1.29 is 4.74 Å². The lowest BCUT2D eigenvalue weighted by molar-refractivity contribution is 0.300. The van der Waals surface area contributed by atoms with E-state index >= 15 is 0 Å². The van der Waals surface area contributed by atoms with Crippen molar-refractivity contribution >= 4 is 16.6 Å². The van der Waals surface area contributed by atoms with Crippen LogP contribution in [-0.4, -0.2) is 11.2 Å². The number of nitrogens with zero attached hydrogens (tertiary/aromatic N) is 1. The lowest BCUT2D eigenvalue weighted by atomic mass is 10.2. The maximum atomic E-state index is 5.73. The molecule has 0 unspecified atom stereocenters. The highest BCUT2D eigenvalue weighted by Gasteiger charge is 2.01. The Morgan fingerprint density at radius 3 is 2.85 bits per heavy atom. The van der Waals surface area contributed by atoms with Gasteiger partial charge in [0.05, 0.1) is 6.54 Å². The molecule has 0 radical (unpaired) electrons. The first-order valence-corrected chi connectivity index (χ1v) is 6.76. The van der Waals surface area contributed by atoms with E-state index in [2.05, 4.69) is 42.0 Å². The molecule has 0 saturated heterocycles. The number of hydrogen-bond donors (Lipinski definition) is 1. The standard InChI is InChI=1S/C17H18N2O/c1-13-5-6-17-14(11-13)7-8-19(17)9-10-20-16-4-2-3-15(18)12-16/h2-8,11-12H,9-10,18H2,1H3. The van der Waals surface area contributed by atoms with E-state index in [0.29, 0.717) is 6.61 Å². The Morgan fingerprint density at radius 2 is 2.00 bits per heavy atom. The van der Waals surface area contributed by atoms with E-state index < -0.39 is 0 Å². The number of hydrogen-bond acceptors (Lipinski definition) is 2. The van der Waals surface area contributed by atoms with Crippen LogP contribution in [-0.2, 0) is 6.54 Å². The van der Waals surface area contributed by atoms with Crippen molar-refractivity contribution in [2.24, 2.45) is 0 Å². The quantitative estimate of drug-likeness (QED) is 0.733. The number of nitrogen functional groups attached to an aromatic ring is 1. The second-order valence-corrected chi connectivity index (χ2v) is 4.99. The summed E-state index contributed by atoms with van der Waals surface area (Å²) in [7, 11) is 0. The van der Waals surface area contributed by atoms with Crippen LogP contribution in [0.3, 0.4) is 0 Å². The molecule has 3 heteroatoms. The van der Waals surface area contributed by atoms with Crippen molar-refractivity contribution in [1.82, 2.24) is 4.57 Å². The average molecular weight is 266 g/mol. The van der Waals surface area contributed by atoms with Gasteiger partial charge in [0, 0.05) is 23.5 Å². The minimum atomic E-state index is 0.626. The van der Waals surface area contributed by atoms with Crippen LogP contribution in [0.15, 0.2) is 54.7 Å². The van der Waals surface area contributed by atoms with Gasteiger partial charge < -0.3 is 15.0 Å². The van der Waals surface area contributed by atoms with E-state index in [9.17, 15) is 0 Å². The summed E-state index contributed by atoms with van der Waals surface area (Å²) < 4.78 is 7.94. The van der Waals surface area contributed by atoms with Gasteiger partial charge in [0.1, 0.15) is 12.4 Å². The van der Waals surface area contributed by atoms with E-state index in [1.807, 2.05) is 24.3 Å². The predicted octanol–water partition coefficient (Wildman–Crippen LogP) is 3.61. The highest BCUT2D eigenvalue weighted by Crippen LogP contribution is 2.18. The number of rotatable bonds is 4. The van der Waals surface area contributed by atoms with E-state index in [0.717, 1.165) is 18.0 Å². The Kier molecular flexibility index (Phi) is 3.33. The average Bonchev–Trinajstić information content (AvgIpc) is 2.81. The molecule has 102 valence electrons. The van der Waals surface area contributed by atoms with Gasteiger partial charge >= 0.3 is 0 Å². The summed E-state index contributed by atoms with van der Waals surface area (Å²) in [5, 5.41) is 1.27. The maximum absolute atomic E-state index is 5.73. The van der Waals surface area contributed by atoms with Crippen LogP contribution in [0.2, 0.25) is 0 Å². The maximum Gasteiger partial charge on any atom is 0.121 e. The molecule has 0 amide bonds. The van der Waals surface area contributed by atoms with Crippen molar-refractivity contribution in [3.8, 4) is 5.75 Å². The smallest absolute Gasteiger partial charge is 0.121 e. The molecule has 0 spiro atoms. The lowest BCUT2D eigenvalue weighted by Gasteiger charge is -2.09. The minimum Gasteiger partial charge on any atom is -0.492 e. The number of benzene rings is 2. The zero-order valence-electron chi connectivity index (χ0n) is 11.5. The summed E-state index contributed by atoms with van der Waals surface area (Å²) >= 11 is 0. The van der Waals surface area contributed by atoms with Gasteiger partial charge in [-0.1, -0.05) is 17.7 Å². The fourth-order valence-electron chi connectivity index (χ4n) is 2.38. The zero-order chi connectivity index (χ0) is 13.9. The van der Waals surface area contributed by atoms with Crippen molar-refractivity contribution in [3.63, 3.8) is 0 Å². The molecule has 1 heterocycles. The SMILES string of the molecule is Cc1ccc2c(ccn2CCOc2cccc(N)c2)c1. The molecule has 3 aromatic rings. The van der Waals surface area contributed by atoms with Gasteiger partial charge in [-0.25, -0.2) is 0 Å². The van der Waals surface area contributed by atoms with E-state index in [4.69, 9.17) is 10.5 Å². The van der Waals surface area contributed by atoms with E-state index in [1.165, 1.54) is 16.5 Å². The van der Waals surface area contributed by atoms with Crippen molar-refractivity contribution in [2.45, 2.75) is 13.5 Å². The summed E-state index contributed by atoms with van der Waals surface area (Å²) in [5.41, 5.74) is 8.98. The molecule has 0 aliphatic rings. The lowest BCUT2D eigenvalue weighted by Crippen LogP contribution is -2.07. The van der Waals surface area contributed by atoms with Gasteiger partial charge in [0.25, 0.3) is 0 Å². The van der Waals surface area contributed by atoms with Crippen LogP contribution in [0, 0.1) is 6.92 Å². The molecule has 3 nitrogen and oxygen atoms in total. The third kappa shape index (κ3) is 2.62. The molecule has 0 bridgehead atoms. The molecule has 0 aliphatic carbocycles. The first kappa shape index (κ1) is 12.6.